The van der Waals surface area contributed by atoms with Gasteiger partial charge in [0.05, 0.1) is 15.7 Å². The van der Waals surface area contributed by atoms with Gasteiger partial charge in [0, 0.05) is 35.5 Å². The molecule has 0 aliphatic rings. The number of ether oxygens (including phenoxy) is 2. The summed E-state index contributed by atoms with van der Waals surface area (Å²) in [4.78, 5) is 19.7. The molecule has 3 aromatic heterocycles. The van der Waals surface area contributed by atoms with Crippen LogP contribution in [0, 0.1) is 5.82 Å². The largest absolute Gasteiger partial charge is 0.488 e. The molecule has 5 aromatic rings. The van der Waals surface area contributed by atoms with Crippen LogP contribution in [0.2, 0.25) is 10.0 Å². The average Bonchev–Trinajstić information content (AvgIpc) is 3.42. The van der Waals surface area contributed by atoms with Crippen molar-refractivity contribution in [3.8, 4) is 34.5 Å². The molecule has 0 amide bonds. The maximum atomic E-state index is 14.2. The number of hydrogen-bond donors (Lipinski definition) is 1. The number of rotatable bonds is 8. The molecule has 0 saturated heterocycles. The maximum absolute atomic E-state index is 14.2. The molecule has 0 aliphatic carbocycles. The lowest BCUT2D eigenvalue weighted by atomic mass is 10.1. The van der Waals surface area contributed by atoms with Gasteiger partial charge in [0.15, 0.2) is 17.2 Å². The summed E-state index contributed by atoms with van der Waals surface area (Å²) >= 11 is 11.9. The fourth-order valence-electron chi connectivity index (χ4n) is 3.76. The zero-order valence-corrected chi connectivity index (χ0v) is 22.5. The molecule has 14 heteroatoms. The zero-order valence-electron chi connectivity index (χ0n) is 20.9. The van der Waals surface area contributed by atoms with E-state index in [1.165, 1.54) is 30.5 Å². The van der Waals surface area contributed by atoms with Crippen LogP contribution in [0.5, 0.6) is 17.4 Å². The summed E-state index contributed by atoms with van der Waals surface area (Å²) in [5.74, 6) is -1.71. The number of pyridine rings is 2. The third-order valence-electron chi connectivity index (χ3n) is 5.69. The molecule has 1 N–H and O–H groups in total. The Morgan fingerprint density at radius 2 is 1.79 bits per heavy atom. The van der Waals surface area contributed by atoms with E-state index in [1.807, 2.05) is 0 Å². The Kier molecular flexibility index (Phi) is 8.01. The first kappa shape index (κ1) is 28.8. The minimum Gasteiger partial charge on any atom is -0.488 e. The molecule has 0 atom stereocenters. The van der Waals surface area contributed by atoms with E-state index < -0.39 is 29.4 Å². The van der Waals surface area contributed by atoms with Crippen molar-refractivity contribution in [1.29, 1.82) is 0 Å². The standard InChI is InChI=1S/C28H16Cl2F4N4O4/c29-19-7-6-17(11-20(19)30)42-26-9-4-15(13-35-26)14-41-23-8-5-16(31)10-18(23)21-2-1-3-25(36-21)38-24(28(32,33)34)12-22(37-38)27(39)40/h1-13H,14H2,(H,39,40). The van der Waals surface area contributed by atoms with Crippen LogP contribution >= 0.6 is 23.2 Å². The third-order valence-corrected chi connectivity index (χ3v) is 6.43. The molecule has 0 spiro atoms. The second-order valence-electron chi connectivity index (χ2n) is 8.62. The van der Waals surface area contributed by atoms with Gasteiger partial charge in [0.2, 0.25) is 5.88 Å². The van der Waals surface area contributed by atoms with Gasteiger partial charge < -0.3 is 14.6 Å². The second-order valence-corrected chi connectivity index (χ2v) is 9.44. The van der Waals surface area contributed by atoms with Gasteiger partial charge in [-0.05, 0) is 48.5 Å². The van der Waals surface area contributed by atoms with Gasteiger partial charge in [-0.25, -0.2) is 23.8 Å². The van der Waals surface area contributed by atoms with E-state index in [0.717, 1.165) is 12.1 Å². The normalized spacial score (nSPS) is 11.4. The number of alkyl halides is 3. The minimum absolute atomic E-state index is 0.00226. The fraction of sp³-hybridized carbons (Fsp3) is 0.0714. The Bertz CT molecular complexity index is 1780. The van der Waals surface area contributed by atoms with Gasteiger partial charge in [0.25, 0.3) is 0 Å². The number of carbonyl (C=O) groups is 1. The van der Waals surface area contributed by atoms with E-state index >= 15 is 0 Å². The van der Waals surface area contributed by atoms with Crippen LogP contribution in [0.3, 0.4) is 0 Å². The number of carboxylic acids is 1. The first-order valence-electron chi connectivity index (χ1n) is 11.9. The van der Waals surface area contributed by atoms with Gasteiger partial charge in [-0.2, -0.15) is 18.3 Å². The lowest BCUT2D eigenvalue weighted by molar-refractivity contribution is -0.142. The van der Waals surface area contributed by atoms with E-state index in [2.05, 4.69) is 15.1 Å². The predicted octanol–water partition coefficient (Wildman–Crippen LogP) is 7.86. The summed E-state index contributed by atoms with van der Waals surface area (Å²) < 4.78 is 67.0. The van der Waals surface area contributed by atoms with Gasteiger partial charge in [-0.1, -0.05) is 29.3 Å². The third kappa shape index (κ3) is 6.45. The summed E-state index contributed by atoms with van der Waals surface area (Å²) in [5, 5.41) is 13.4. The van der Waals surface area contributed by atoms with E-state index in [9.17, 15) is 22.4 Å². The van der Waals surface area contributed by atoms with E-state index in [-0.39, 0.29) is 35.3 Å². The van der Waals surface area contributed by atoms with Gasteiger partial charge in [-0.15, -0.1) is 0 Å². The summed E-state index contributed by atoms with van der Waals surface area (Å²) in [6.45, 7) is -0.00226. The van der Waals surface area contributed by atoms with Crippen LogP contribution in [0.15, 0.2) is 79.0 Å². The number of halogens is 6. The smallest absolute Gasteiger partial charge is 0.433 e. The van der Waals surface area contributed by atoms with Crippen LogP contribution < -0.4 is 9.47 Å². The predicted molar refractivity (Wildman–Crippen MR) is 144 cm³/mol. The Morgan fingerprint density at radius 3 is 2.48 bits per heavy atom. The van der Waals surface area contributed by atoms with Crippen molar-refractivity contribution >= 4 is 29.2 Å². The van der Waals surface area contributed by atoms with Crippen molar-refractivity contribution in [2.75, 3.05) is 0 Å². The highest BCUT2D eigenvalue weighted by atomic mass is 35.5. The molecular formula is C28H16Cl2F4N4O4. The second kappa shape index (κ2) is 11.7. The number of carboxylic acid groups (broad SMARTS) is 1. The molecular weight excluding hydrogens is 603 g/mol. The van der Waals surface area contributed by atoms with Crippen molar-refractivity contribution in [2.24, 2.45) is 0 Å². The first-order chi connectivity index (χ1) is 20.0. The van der Waals surface area contributed by atoms with Gasteiger partial charge in [-0.3, -0.25) is 0 Å². The molecule has 42 heavy (non-hydrogen) atoms. The monoisotopic (exact) mass is 618 g/mol. The van der Waals surface area contributed by atoms with Crippen LogP contribution in [-0.4, -0.2) is 30.8 Å². The van der Waals surface area contributed by atoms with Crippen molar-refractivity contribution in [3.05, 3.63) is 112 Å². The number of aromatic carboxylic acids is 1. The van der Waals surface area contributed by atoms with E-state index in [4.69, 9.17) is 37.8 Å². The van der Waals surface area contributed by atoms with Crippen molar-refractivity contribution in [3.63, 3.8) is 0 Å². The highest BCUT2D eigenvalue weighted by molar-refractivity contribution is 6.42. The van der Waals surface area contributed by atoms with Gasteiger partial charge >= 0.3 is 12.1 Å². The van der Waals surface area contributed by atoms with Crippen molar-refractivity contribution in [1.82, 2.24) is 19.7 Å². The lowest BCUT2D eigenvalue weighted by Crippen LogP contribution is -2.14. The Labute approximate surface area is 244 Å². The summed E-state index contributed by atoms with van der Waals surface area (Å²) in [6.07, 6.45) is -3.41. The molecule has 0 unspecified atom stereocenters. The van der Waals surface area contributed by atoms with Crippen LogP contribution in [0.25, 0.3) is 17.1 Å². The number of aromatic nitrogens is 4. The molecule has 214 valence electrons. The molecule has 5 rings (SSSR count). The molecule has 0 fully saturated rings. The molecule has 8 nitrogen and oxygen atoms in total. The highest BCUT2D eigenvalue weighted by Crippen LogP contribution is 2.34. The zero-order chi connectivity index (χ0) is 30.0. The molecule has 2 aromatic carbocycles. The van der Waals surface area contributed by atoms with Crippen LogP contribution in [0.4, 0.5) is 17.6 Å². The average molecular weight is 619 g/mol. The highest BCUT2D eigenvalue weighted by Gasteiger charge is 2.37. The summed E-state index contributed by atoms with van der Waals surface area (Å²) in [7, 11) is 0. The molecule has 0 saturated carbocycles. The summed E-state index contributed by atoms with van der Waals surface area (Å²) in [5.41, 5.74) is -1.32. The minimum atomic E-state index is -4.91. The number of benzene rings is 2. The van der Waals surface area contributed by atoms with E-state index in [1.54, 1.807) is 30.3 Å². The number of nitrogens with zero attached hydrogens (tertiary/aromatic N) is 4. The molecule has 0 aliphatic heterocycles. The SMILES string of the molecule is O=C(O)c1cc(C(F)(F)F)n(-c2cccc(-c3cc(F)ccc3OCc3ccc(Oc4ccc(Cl)c(Cl)c4)nc3)n2)n1. The van der Waals surface area contributed by atoms with E-state index in [0.29, 0.717) is 32.1 Å². The topological polar surface area (TPSA) is 99.4 Å². The first-order valence-corrected chi connectivity index (χ1v) is 12.6. The van der Waals surface area contributed by atoms with Crippen LogP contribution in [0.1, 0.15) is 21.7 Å². The fourth-order valence-corrected chi connectivity index (χ4v) is 4.05. The lowest BCUT2D eigenvalue weighted by Gasteiger charge is -2.14. The van der Waals surface area contributed by atoms with Crippen molar-refractivity contribution in [2.45, 2.75) is 12.8 Å². The molecule has 0 radical (unpaired) electrons. The quantitative estimate of drug-likeness (QED) is 0.177. The molecule has 0 bridgehead atoms. The molecule has 3 heterocycles. The Hall–Kier alpha value is -4.68. The van der Waals surface area contributed by atoms with Crippen LogP contribution in [-0.2, 0) is 12.8 Å². The van der Waals surface area contributed by atoms with Gasteiger partial charge in [0.1, 0.15) is 23.9 Å². The number of hydrogen-bond acceptors (Lipinski definition) is 6. The maximum Gasteiger partial charge on any atom is 0.433 e. The Morgan fingerprint density at radius 1 is 0.976 bits per heavy atom. The van der Waals surface area contributed by atoms with Crippen molar-refractivity contribution < 1.29 is 36.9 Å². The Balaban J connectivity index is 1.38. The summed E-state index contributed by atoms with van der Waals surface area (Å²) in [6, 6.07) is 16.1.